The van der Waals surface area contributed by atoms with E-state index in [1.807, 2.05) is 25.7 Å². The van der Waals surface area contributed by atoms with Gasteiger partial charge in [0.1, 0.15) is 5.60 Å². The number of hydrogen-bond acceptors (Lipinski definition) is 4. The summed E-state index contributed by atoms with van der Waals surface area (Å²) in [6.45, 7) is 20.8. The zero-order chi connectivity index (χ0) is 23.9. The molecule has 1 amide bonds. The van der Waals surface area contributed by atoms with Crippen molar-refractivity contribution in [1.82, 2.24) is 9.88 Å². The van der Waals surface area contributed by atoms with Gasteiger partial charge in [-0.15, -0.1) is 11.3 Å². The van der Waals surface area contributed by atoms with Gasteiger partial charge in [-0.05, 0) is 67.7 Å². The van der Waals surface area contributed by atoms with E-state index in [1.165, 1.54) is 21.7 Å². The van der Waals surface area contributed by atoms with Gasteiger partial charge in [0, 0.05) is 30.0 Å². The van der Waals surface area contributed by atoms with Crippen molar-refractivity contribution in [1.29, 1.82) is 0 Å². The molecule has 32 heavy (non-hydrogen) atoms. The summed E-state index contributed by atoms with van der Waals surface area (Å²) in [6, 6.07) is 6.96. The van der Waals surface area contributed by atoms with Gasteiger partial charge < -0.3 is 9.64 Å². The lowest BCUT2D eigenvalue weighted by molar-refractivity contribution is 0.0205. The summed E-state index contributed by atoms with van der Waals surface area (Å²) < 4.78 is 5.53. The van der Waals surface area contributed by atoms with E-state index in [0.29, 0.717) is 5.92 Å². The first-order valence-electron chi connectivity index (χ1n) is 11.7. The van der Waals surface area contributed by atoms with Crippen LogP contribution in [0.25, 0.3) is 11.3 Å². The molecule has 1 saturated heterocycles. The molecule has 5 heteroatoms. The zero-order valence-electron chi connectivity index (χ0n) is 21.3. The lowest BCUT2D eigenvalue weighted by Gasteiger charge is -2.32. The van der Waals surface area contributed by atoms with E-state index in [4.69, 9.17) is 9.72 Å². The number of amides is 1. The van der Waals surface area contributed by atoms with E-state index in [0.717, 1.165) is 31.6 Å². The van der Waals surface area contributed by atoms with Gasteiger partial charge in [-0.2, -0.15) is 0 Å². The number of carbonyl (C=O) groups is 1. The molecule has 1 aliphatic rings. The van der Waals surface area contributed by atoms with Crippen molar-refractivity contribution >= 4 is 17.4 Å². The second kappa shape index (κ2) is 8.81. The van der Waals surface area contributed by atoms with Crippen molar-refractivity contribution in [3.63, 3.8) is 0 Å². The van der Waals surface area contributed by atoms with Crippen molar-refractivity contribution in [2.45, 2.75) is 97.5 Å². The average Bonchev–Trinajstić information content (AvgIpc) is 3.15. The molecule has 4 nitrogen and oxygen atoms in total. The molecular weight excluding hydrogens is 416 g/mol. The van der Waals surface area contributed by atoms with E-state index in [2.05, 4.69) is 65.1 Å². The Hall–Kier alpha value is -1.88. The van der Waals surface area contributed by atoms with E-state index >= 15 is 0 Å². The van der Waals surface area contributed by atoms with Crippen LogP contribution in [0.3, 0.4) is 0 Å². The molecule has 0 bridgehead atoms. The summed E-state index contributed by atoms with van der Waals surface area (Å²) in [5.41, 5.74) is 4.69. The highest BCUT2D eigenvalue weighted by Gasteiger charge is 2.29. The number of piperidine rings is 1. The Balaban J connectivity index is 1.77. The molecular formula is C27H40N2O2S. The largest absolute Gasteiger partial charge is 0.444 e. The standard InChI is InChI=1S/C27H40N2O2S/c1-25(2,3)20-14-19(15-21(16-20)26(4,5)6)22-17-32-23(28-22)18-10-12-29(13-11-18)24(30)31-27(7,8)9/h14-18H,10-13H2,1-9H3. The van der Waals surface area contributed by atoms with Crippen LogP contribution in [0.2, 0.25) is 0 Å². The van der Waals surface area contributed by atoms with Gasteiger partial charge in [0.05, 0.1) is 10.7 Å². The Labute approximate surface area is 198 Å². The predicted molar refractivity (Wildman–Crippen MR) is 135 cm³/mol. The SMILES string of the molecule is CC(C)(C)OC(=O)N1CCC(c2nc(-c3cc(C(C)(C)C)cc(C(C)(C)C)c3)cs2)CC1. The van der Waals surface area contributed by atoms with Crippen molar-refractivity contribution in [3.8, 4) is 11.3 Å². The second-order valence-electron chi connectivity index (χ2n) is 12.1. The Morgan fingerprint density at radius 1 is 0.938 bits per heavy atom. The Morgan fingerprint density at radius 2 is 1.47 bits per heavy atom. The summed E-state index contributed by atoms with van der Waals surface area (Å²) >= 11 is 1.75. The van der Waals surface area contributed by atoms with E-state index in [9.17, 15) is 4.79 Å². The van der Waals surface area contributed by atoms with Gasteiger partial charge in [-0.1, -0.05) is 47.6 Å². The molecule has 0 unspecified atom stereocenters. The Kier molecular flexibility index (Phi) is 6.82. The van der Waals surface area contributed by atoms with Gasteiger partial charge in [-0.3, -0.25) is 0 Å². The highest BCUT2D eigenvalue weighted by atomic mass is 32.1. The van der Waals surface area contributed by atoms with Crippen LogP contribution in [-0.2, 0) is 15.6 Å². The molecule has 1 aromatic heterocycles. The molecule has 2 aromatic rings. The average molecular weight is 457 g/mol. The normalized spacial score (nSPS) is 16.3. The Bertz CT molecular complexity index is 917. The molecule has 1 fully saturated rings. The van der Waals surface area contributed by atoms with Crippen LogP contribution in [0.15, 0.2) is 23.6 Å². The summed E-state index contributed by atoms with van der Waals surface area (Å²) in [5, 5.41) is 3.38. The molecule has 176 valence electrons. The number of nitrogens with zero attached hydrogens (tertiary/aromatic N) is 2. The lowest BCUT2D eigenvalue weighted by Crippen LogP contribution is -2.41. The maximum Gasteiger partial charge on any atom is 0.410 e. The summed E-state index contributed by atoms with van der Waals surface area (Å²) in [4.78, 5) is 19.3. The molecule has 0 radical (unpaired) electrons. The first-order valence-corrected chi connectivity index (χ1v) is 12.6. The maximum absolute atomic E-state index is 12.4. The minimum atomic E-state index is -0.453. The van der Waals surface area contributed by atoms with Crippen LogP contribution in [0.1, 0.15) is 97.2 Å². The monoisotopic (exact) mass is 456 g/mol. The van der Waals surface area contributed by atoms with E-state index in [-0.39, 0.29) is 16.9 Å². The second-order valence-corrected chi connectivity index (χ2v) is 13.0. The number of likely N-dealkylation sites (tertiary alicyclic amines) is 1. The van der Waals surface area contributed by atoms with Crippen LogP contribution >= 0.6 is 11.3 Å². The molecule has 0 saturated carbocycles. The first-order chi connectivity index (χ1) is 14.6. The van der Waals surface area contributed by atoms with Crippen molar-refractivity contribution < 1.29 is 9.53 Å². The number of thiazole rings is 1. The Morgan fingerprint density at radius 3 is 1.94 bits per heavy atom. The number of benzene rings is 1. The highest BCUT2D eigenvalue weighted by Crippen LogP contribution is 2.37. The molecule has 2 heterocycles. The molecule has 0 N–H and O–H groups in total. The quantitative estimate of drug-likeness (QED) is 0.469. The third-order valence-corrected chi connectivity index (χ3v) is 6.99. The zero-order valence-corrected chi connectivity index (χ0v) is 22.2. The maximum atomic E-state index is 12.4. The summed E-state index contributed by atoms with van der Waals surface area (Å²) in [6.07, 6.45) is 1.66. The molecule has 0 spiro atoms. The minimum Gasteiger partial charge on any atom is -0.444 e. The van der Waals surface area contributed by atoms with Crippen molar-refractivity contribution in [3.05, 3.63) is 39.7 Å². The number of rotatable bonds is 2. The van der Waals surface area contributed by atoms with Gasteiger partial charge in [-0.25, -0.2) is 9.78 Å². The molecule has 3 rings (SSSR count). The van der Waals surface area contributed by atoms with Gasteiger partial charge in [0.15, 0.2) is 0 Å². The molecule has 1 aliphatic heterocycles. The number of carbonyl (C=O) groups excluding carboxylic acids is 1. The number of ether oxygens (including phenoxy) is 1. The van der Waals surface area contributed by atoms with Gasteiger partial charge in [0.25, 0.3) is 0 Å². The fourth-order valence-corrected chi connectivity index (χ4v) is 4.89. The number of hydrogen-bond donors (Lipinski definition) is 0. The topological polar surface area (TPSA) is 42.4 Å². The van der Waals surface area contributed by atoms with Crippen LogP contribution < -0.4 is 0 Å². The third kappa shape index (κ3) is 6.12. The highest BCUT2D eigenvalue weighted by molar-refractivity contribution is 7.10. The fourth-order valence-electron chi connectivity index (χ4n) is 3.88. The van der Waals surface area contributed by atoms with Crippen LogP contribution in [0.4, 0.5) is 4.79 Å². The van der Waals surface area contributed by atoms with E-state index < -0.39 is 5.60 Å². The van der Waals surface area contributed by atoms with Crippen molar-refractivity contribution in [2.75, 3.05) is 13.1 Å². The molecule has 0 aliphatic carbocycles. The van der Waals surface area contributed by atoms with Crippen molar-refractivity contribution in [2.24, 2.45) is 0 Å². The van der Waals surface area contributed by atoms with Gasteiger partial charge in [0.2, 0.25) is 0 Å². The molecule has 0 atom stereocenters. The fraction of sp³-hybridized carbons (Fsp3) is 0.630. The van der Waals surface area contributed by atoms with E-state index in [1.54, 1.807) is 11.3 Å². The first kappa shape index (κ1) is 24.8. The number of aromatic nitrogens is 1. The lowest BCUT2D eigenvalue weighted by atomic mass is 9.79. The summed E-state index contributed by atoms with van der Waals surface area (Å²) in [5.74, 6) is 0.403. The minimum absolute atomic E-state index is 0.0867. The summed E-state index contributed by atoms with van der Waals surface area (Å²) in [7, 11) is 0. The third-order valence-electron chi connectivity index (χ3n) is 5.98. The van der Waals surface area contributed by atoms with Crippen LogP contribution in [0, 0.1) is 0 Å². The molecule has 1 aromatic carbocycles. The predicted octanol–water partition coefficient (Wildman–Crippen LogP) is 7.52. The van der Waals surface area contributed by atoms with Gasteiger partial charge >= 0.3 is 6.09 Å². The smallest absolute Gasteiger partial charge is 0.410 e. The van der Waals surface area contributed by atoms with Crippen LogP contribution in [-0.4, -0.2) is 34.7 Å². The van der Waals surface area contributed by atoms with Crippen LogP contribution in [0.5, 0.6) is 0 Å².